The topological polar surface area (TPSA) is 40.2 Å². The molecule has 0 amide bonds. The van der Waals surface area contributed by atoms with E-state index in [4.69, 9.17) is 20.8 Å². The number of rotatable bonds is 4. The van der Waals surface area contributed by atoms with Crippen LogP contribution in [0.25, 0.3) is 11.0 Å². The molecule has 3 aromatic rings. The third-order valence-electron chi connectivity index (χ3n) is 3.50. The lowest BCUT2D eigenvalue weighted by Crippen LogP contribution is -2.09. The minimum Gasteiger partial charge on any atom is -0.494 e. The second-order valence-electron chi connectivity index (χ2n) is 4.70. The van der Waals surface area contributed by atoms with Gasteiger partial charge in [0.1, 0.15) is 11.6 Å². The van der Waals surface area contributed by atoms with E-state index in [1.807, 2.05) is 23.6 Å². The molecule has 0 spiro atoms. The van der Waals surface area contributed by atoms with Crippen molar-refractivity contribution in [3.05, 3.63) is 47.9 Å². The molecule has 0 bridgehead atoms. The van der Waals surface area contributed by atoms with E-state index in [0.717, 1.165) is 11.3 Å². The normalized spacial score (nSPS) is 12.8. The third kappa shape index (κ3) is 2.27. The van der Waals surface area contributed by atoms with Gasteiger partial charge in [0, 0.05) is 12.1 Å². The summed E-state index contributed by atoms with van der Waals surface area (Å²) in [5.74, 6) is 1.40. The standard InChI is InChI=1S/C15H14ClFN2O2/c1-9(13-4-3-5-21-13)19-12-7-14(20-2)10(17)6-11(12)18-15(19)8-16/h3-7,9H,8H2,1-2H3. The van der Waals surface area contributed by atoms with Crippen molar-refractivity contribution in [2.24, 2.45) is 0 Å². The van der Waals surface area contributed by atoms with Crippen LogP contribution in [0.2, 0.25) is 0 Å². The van der Waals surface area contributed by atoms with Crippen LogP contribution < -0.4 is 4.74 Å². The van der Waals surface area contributed by atoms with Gasteiger partial charge >= 0.3 is 0 Å². The van der Waals surface area contributed by atoms with Crippen LogP contribution in [-0.2, 0) is 5.88 Å². The molecule has 0 aliphatic heterocycles. The fourth-order valence-corrected chi connectivity index (χ4v) is 2.67. The van der Waals surface area contributed by atoms with Crippen LogP contribution in [0.5, 0.6) is 5.75 Å². The van der Waals surface area contributed by atoms with Gasteiger partial charge in [-0.25, -0.2) is 9.37 Å². The number of furan rings is 1. The van der Waals surface area contributed by atoms with Crippen molar-refractivity contribution >= 4 is 22.6 Å². The molecule has 1 unspecified atom stereocenters. The van der Waals surface area contributed by atoms with Gasteiger partial charge in [-0.1, -0.05) is 0 Å². The highest BCUT2D eigenvalue weighted by atomic mass is 35.5. The predicted molar refractivity (Wildman–Crippen MR) is 78.3 cm³/mol. The third-order valence-corrected chi connectivity index (χ3v) is 3.74. The van der Waals surface area contributed by atoms with Crippen molar-refractivity contribution in [3.8, 4) is 5.75 Å². The number of aromatic nitrogens is 2. The summed E-state index contributed by atoms with van der Waals surface area (Å²) in [5, 5.41) is 0. The van der Waals surface area contributed by atoms with E-state index in [9.17, 15) is 4.39 Å². The van der Waals surface area contributed by atoms with Crippen molar-refractivity contribution in [1.29, 1.82) is 0 Å². The number of imidazole rings is 1. The van der Waals surface area contributed by atoms with Crippen LogP contribution in [0.4, 0.5) is 4.39 Å². The number of methoxy groups -OCH3 is 1. The summed E-state index contributed by atoms with van der Waals surface area (Å²) in [6, 6.07) is 6.60. The minimum atomic E-state index is -0.443. The van der Waals surface area contributed by atoms with E-state index in [-0.39, 0.29) is 17.7 Å². The highest BCUT2D eigenvalue weighted by Gasteiger charge is 2.20. The van der Waals surface area contributed by atoms with E-state index in [1.54, 1.807) is 12.3 Å². The first-order chi connectivity index (χ1) is 10.2. The summed E-state index contributed by atoms with van der Waals surface area (Å²) in [7, 11) is 1.43. The molecule has 21 heavy (non-hydrogen) atoms. The first-order valence-electron chi connectivity index (χ1n) is 6.49. The number of halogens is 2. The van der Waals surface area contributed by atoms with Crippen molar-refractivity contribution in [3.63, 3.8) is 0 Å². The number of benzene rings is 1. The number of alkyl halides is 1. The van der Waals surface area contributed by atoms with Gasteiger partial charge in [0.25, 0.3) is 0 Å². The average molecular weight is 309 g/mol. The molecule has 0 aliphatic carbocycles. The van der Waals surface area contributed by atoms with Crippen LogP contribution in [0, 0.1) is 5.82 Å². The summed E-state index contributed by atoms with van der Waals surface area (Å²) in [5.41, 5.74) is 1.30. The SMILES string of the molecule is COc1cc2c(cc1F)nc(CCl)n2C(C)c1ccco1. The smallest absolute Gasteiger partial charge is 0.167 e. The van der Waals surface area contributed by atoms with E-state index < -0.39 is 5.82 Å². The second kappa shape index (κ2) is 5.41. The molecular formula is C15H14ClFN2O2. The van der Waals surface area contributed by atoms with Gasteiger partial charge < -0.3 is 13.7 Å². The first-order valence-corrected chi connectivity index (χ1v) is 7.03. The van der Waals surface area contributed by atoms with Crippen molar-refractivity contribution < 1.29 is 13.5 Å². The van der Waals surface area contributed by atoms with Gasteiger partial charge in [0.15, 0.2) is 11.6 Å². The van der Waals surface area contributed by atoms with Crippen LogP contribution in [0.3, 0.4) is 0 Å². The van der Waals surface area contributed by atoms with E-state index >= 15 is 0 Å². The quantitative estimate of drug-likeness (QED) is 0.681. The lowest BCUT2D eigenvalue weighted by Gasteiger charge is -2.15. The lowest BCUT2D eigenvalue weighted by atomic mass is 10.2. The Morgan fingerprint density at radius 3 is 2.90 bits per heavy atom. The Hall–Kier alpha value is -2.01. The number of hydrogen-bond acceptors (Lipinski definition) is 3. The number of nitrogens with zero attached hydrogens (tertiary/aromatic N) is 2. The van der Waals surface area contributed by atoms with Crippen LogP contribution in [0.1, 0.15) is 24.6 Å². The predicted octanol–water partition coefficient (Wildman–Crippen LogP) is 4.13. The van der Waals surface area contributed by atoms with Gasteiger partial charge in [0.05, 0.1) is 36.3 Å². The second-order valence-corrected chi connectivity index (χ2v) is 4.97. The molecule has 4 nitrogen and oxygen atoms in total. The minimum absolute atomic E-state index is 0.103. The van der Waals surface area contributed by atoms with Gasteiger partial charge in [-0.3, -0.25) is 0 Å². The number of ether oxygens (including phenoxy) is 1. The molecule has 0 fully saturated rings. The molecule has 2 aromatic heterocycles. The molecular weight excluding hydrogens is 295 g/mol. The van der Waals surface area contributed by atoms with Gasteiger partial charge in [-0.2, -0.15) is 0 Å². The molecule has 2 heterocycles. The zero-order chi connectivity index (χ0) is 15.0. The maximum absolute atomic E-state index is 13.8. The zero-order valence-corrected chi connectivity index (χ0v) is 12.4. The van der Waals surface area contributed by atoms with E-state index in [0.29, 0.717) is 11.3 Å². The van der Waals surface area contributed by atoms with E-state index in [1.165, 1.54) is 13.2 Å². The molecule has 1 aromatic carbocycles. The van der Waals surface area contributed by atoms with Crippen molar-refractivity contribution in [1.82, 2.24) is 9.55 Å². The summed E-state index contributed by atoms with van der Waals surface area (Å²) in [4.78, 5) is 4.39. The monoisotopic (exact) mass is 308 g/mol. The maximum Gasteiger partial charge on any atom is 0.167 e. The number of hydrogen-bond donors (Lipinski definition) is 0. The highest BCUT2D eigenvalue weighted by molar-refractivity contribution is 6.16. The van der Waals surface area contributed by atoms with Gasteiger partial charge in [-0.05, 0) is 19.1 Å². The molecule has 0 N–H and O–H groups in total. The zero-order valence-electron chi connectivity index (χ0n) is 11.6. The van der Waals surface area contributed by atoms with Gasteiger partial charge in [-0.15, -0.1) is 11.6 Å². The Labute approximate surface area is 126 Å². The molecule has 0 saturated heterocycles. The molecule has 6 heteroatoms. The molecule has 0 radical (unpaired) electrons. The van der Waals surface area contributed by atoms with Crippen LogP contribution in [-0.4, -0.2) is 16.7 Å². The lowest BCUT2D eigenvalue weighted by molar-refractivity contribution is 0.387. The fourth-order valence-electron chi connectivity index (χ4n) is 2.49. The molecule has 0 saturated carbocycles. The summed E-state index contributed by atoms with van der Waals surface area (Å²) >= 11 is 5.98. The van der Waals surface area contributed by atoms with E-state index in [2.05, 4.69) is 4.98 Å². The summed E-state index contributed by atoms with van der Waals surface area (Å²) in [6.07, 6.45) is 1.62. The molecule has 3 rings (SSSR count). The van der Waals surface area contributed by atoms with Crippen LogP contribution >= 0.6 is 11.6 Å². The largest absolute Gasteiger partial charge is 0.494 e. The van der Waals surface area contributed by atoms with Crippen molar-refractivity contribution in [2.75, 3.05) is 7.11 Å². The van der Waals surface area contributed by atoms with Gasteiger partial charge in [0.2, 0.25) is 0 Å². The molecule has 1 atom stereocenters. The Bertz CT molecular complexity index is 768. The summed E-state index contributed by atoms with van der Waals surface area (Å²) in [6.45, 7) is 1.98. The number of fused-ring (bicyclic) bond motifs is 1. The average Bonchev–Trinajstić information content (AvgIpc) is 3.12. The first kappa shape index (κ1) is 13.9. The highest BCUT2D eigenvalue weighted by Crippen LogP contribution is 2.31. The Morgan fingerprint density at radius 2 is 2.29 bits per heavy atom. The fraction of sp³-hybridized carbons (Fsp3) is 0.267. The Kier molecular flexibility index (Phi) is 3.59. The maximum atomic E-state index is 13.8. The van der Waals surface area contributed by atoms with Crippen molar-refractivity contribution in [2.45, 2.75) is 18.8 Å². The Balaban J connectivity index is 2.24. The van der Waals surface area contributed by atoms with Crippen LogP contribution in [0.15, 0.2) is 34.9 Å². The molecule has 110 valence electrons. The Morgan fingerprint density at radius 1 is 1.48 bits per heavy atom. The molecule has 0 aliphatic rings. The summed E-state index contributed by atoms with van der Waals surface area (Å²) < 4.78 is 26.2.